The third kappa shape index (κ3) is 12.7. The second-order valence-corrected chi connectivity index (χ2v) is 12.9. The van der Waals surface area contributed by atoms with Crippen molar-refractivity contribution in [2.45, 2.75) is 22.8 Å². The molecule has 0 N–H and O–H groups in total. The van der Waals surface area contributed by atoms with Gasteiger partial charge in [0.15, 0.2) is 0 Å². The van der Waals surface area contributed by atoms with E-state index < -0.39 is 17.9 Å². The van der Waals surface area contributed by atoms with Crippen LogP contribution in [0.25, 0.3) is 0 Å². The Morgan fingerprint density at radius 3 is 1.55 bits per heavy atom. The van der Waals surface area contributed by atoms with Gasteiger partial charge in [-0.1, -0.05) is 49.0 Å². The summed E-state index contributed by atoms with van der Waals surface area (Å²) < 4.78 is 21.3. The highest BCUT2D eigenvalue weighted by molar-refractivity contribution is 7.99. The van der Waals surface area contributed by atoms with Crippen LogP contribution in [0.3, 0.4) is 0 Å². The van der Waals surface area contributed by atoms with E-state index in [1.54, 1.807) is 41.7 Å². The van der Waals surface area contributed by atoms with Crippen molar-refractivity contribution in [3.05, 3.63) is 150 Å². The van der Waals surface area contributed by atoms with E-state index in [9.17, 15) is 14.4 Å². The Balaban J connectivity index is 1.34. The molecule has 4 aromatic rings. The average Bonchev–Trinajstić information content (AvgIpc) is 3.17. The van der Waals surface area contributed by atoms with E-state index in [1.807, 2.05) is 79.7 Å². The zero-order valence-corrected chi connectivity index (χ0v) is 29.9. The minimum atomic E-state index is -0.521. The Bertz CT molecular complexity index is 1960. The standard InChI is InChI=1S/C42H36O7S2/c1-5-40(43)47-25-27-50-36-20-13-32(14-21-36)8-7-31-11-18-35(19-12-31)30(3)49-39-24-17-34(29-38(39)42(45)46-4)10-9-33-15-22-37(23-16-33)51-28-26-48-41(44)6-2/h5-6,11-24,29-30H,1-2,25-28H2,3-4H3. The fourth-order valence-corrected chi connectivity index (χ4v) is 5.82. The van der Waals surface area contributed by atoms with Gasteiger partial charge in [-0.05, 0) is 91.3 Å². The molecule has 0 saturated heterocycles. The molecular weight excluding hydrogens is 681 g/mol. The summed E-state index contributed by atoms with van der Waals surface area (Å²) in [6.07, 6.45) is 1.94. The molecule has 51 heavy (non-hydrogen) atoms. The van der Waals surface area contributed by atoms with Crippen molar-refractivity contribution in [2.24, 2.45) is 0 Å². The van der Waals surface area contributed by atoms with Crippen LogP contribution >= 0.6 is 23.5 Å². The van der Waals surface area contributed by atoms with Gasteiger partial charge >= 0.3 is 17.9 Å². The quantitative estimate of drug-likeness (QED) is 0.0321. The summed E-state index contributed by atoms with van der Waals surface area (Å²) in [5, 5.41) is 0. The lowest BCUT2D eigenvalue weighted by molar-refractivity contribution is -0.138. The highest BCUT2D eigenvalue weighted by atomic mass is 32.2. The topological polar surface area (TPSA) is 88.1 Å². The molecule has 0 aliphatic rings. The summed E-state index contributed by atoms with van der Waals surface area (Å²) in [6.45, 7) is 9.30. The number of methoxy groups -OCH3 is 1. The van der Waals surface area contributed by atoms with Crippen molar-refractivity contribution in [3.8, 4) is 29.4 Å². The maximum Gasteiger partial charge on any atom is 0.341 e. The highest BCUT2D eigenvalue weighted by Gasteiger charge is 2.17. The van der Waals surface area contributed by atoms with Crippen LogP contribution in [0.4, 0.5) is 0 Å². The first-order valence-corrected chi connectivity index (χ1v) is 17.8. The maximum atomic E-state index is 12.7. The number of ether oxygens (including phenoxy) is 4. The second-order valence-electron chi connectivity index (χ2n) is 10.6. The molecule has 258 valence electrons. The van der Waals surface area contributed by atoms with Gasteiger partial charge < -0.3 is 18.9 Å². The molecular formula is C42H36O7S2. The molecule has 0 saturated carbocycles. The van der Waals surface area contributed by atoms with Crippen molar-refractivity contribution < 1.29 is 33.3 Å². The van der Waals surface area contributed by atoms with Crippen molar-refractivity contribution in [1.29, 1.82) is 0 Å². The van der Waals surface area contributed by atoms with Gasteiger partial charge in [-0.3, -0.25) is 0 Å². The molecule has 0 bridgehead atoms. The van der Waals surface area contributed by atoms with Crippen LogP contribution in [-0.2, 0) is 23.8 Å². The van der Waals surface area contributed by atoms with Crippen molar-refractivity contribution in [1.82, 2.24) is 0 Å². The van der Waals surface area contributed by atoms with Crippen LogP contribution < -0.4 is 4.74 Å². The van der Waals surface area contributed by atoms with E-state index in [-0.39, 0.29) is 11.7 Å². The third-order valence-corrected chi connectivity index (χ3v) is 8.96. The summed E-state index contributed by atoms with van der Waals surface area (Å²) in [7, 11) is 1.33. The number of thioether (sulfide) groups is 2. The maximum absolute atomic E-state index is 12.7. The Kier molecular flexibility index (Phi) is 15.1. The van der Waals surface area contributed by atoms with Crippen LogP contribution in [0.5, 0.6) is 5.75 Å². The van der Waals surface area contributed by atoms with Gasteiger partial charge in [0.1, 0.15) is 30.6 Å². The van der Waals surface area contributed by atoms with Crippen LogP contribution in [-0.4, -0.2) is 49.7 Å². The number of hydrogen-bond acceptors (Lipinski definition) is 9. The zero-order chi connectivity index (χ0) is 36.4. The largest absolute Gasteiger partial charge is 0.485 e. The molecule has 0 amide bonds. The van der Waals surface area contributed by atoms with Gasteiger partial charge in [0.2, 0.25) is 0 Å². The van der Waals surface area contributed by atoms with Crippen molar-refractivity contribution in [2.75, 3.05) is 31.8 Å². The average molecular weight is 717 g/mol. The molecule has 0 radical (unpaired) electrons. The highest BCUT2D eigenvalue weighted by Crippen LogP contribution is 2.27. The number of rotatable bonds is 14. The Morgan fingerprint density at radius 1 is 0.667 bits per heavy atom. The molecule has 7 nitrogen and oxygen atoms in total. The summed E-state index contributed by atoms with van der Waals surface area (Å²) in [5.74, 6) is 12.9. The first kappa shape index (κ1) is 38.2. The normalized spacial score (nSPS) is 10.6. The SMILES string of the molecule is C=CC(=O)OCCSc1ccc(C#Cc2ccc(C(C)Oc3ccc(C#Cc4ccc(SCCOC(=O)C=C)cc4)cc3C(=O)OC)cc2)cc1. The van der Waals surface area contributed by atoms with E-state index in [2.05, 4.69) is 36.8 Å². The van der Waals surface area contributed by atoms with Gasteiger partial charge in [-0.15, -0.1) is 23.5 Å². The van der Waals surface area contributed by atoms with Crippen LogP contribution in [0, 0.1) is 23.7 Å². The van der Waals surface area contributed by atoms with Crippen molar-refractivity contribution >= 4 is 41.4 Å². The Labute approximate surface area is 307 Å². The third-order valence-electron chi connectivity index (χ3n) is 7.01. The van der Waals surface area contributed by atoms with Gasteiger partial charge in [0.05, 0.1) is 7.11 Å². The van der Waals surface area contributed by atoms with Gasteiger partial charge in [-0.25, -0.2) is 14.4 Å². The van der Waals surface area contributed by atoms with Crippen molar-refractivity contribution in [3.63, 3.8) is 0 Å². The summed E-state index contributed by atoms with van der Waals surface area (Å²) in [6, 6.07) is 28.6. The lowest BCUT2D eigenvalue weighted by atomic mass is 10.1. The zero-order valence-electron chi connectivity index (χ0n) is 28.3. The Morgan fingerprint density at radius 2 is 1.10 bits per heavy atom. The lowest BCUT2D eigenvalue weighted by Gasteiger charge is -2.17. The molecule has 0 aliphatic carbocycles. The van der Waals surface area contributed by atoms with Gasteiger partial charge in [0, 0.05) is 55.7 Å². The van der Waals surface area contributed by atoms with Crippen LogP contribution in [0.15, 0.2) is 126 Å². The molecule has 4 rings (SSSR count). The number of hydrogen-bond donors (Lipinski definition) is 0. The predicted molar refractivity (Wildman–Crippen MR) is 202 cm³/mol. The van der Waals surface area contributed by atoms with E-state index in [0.717, 1.165) is 44.2 Å². The predicted octanol–water partition coefficient (Wildman–Crippen LogP) is 8.06. The monoisotopic (exact) mass is 716 g/mol. The van der Waals surface area contributed by atoms with E-state index >= 15 is 0 Å². The fourth-order valence-electron chi connectivity index (χ4n) is 4.36. The molecule has 0 aliphatic heterocycles. The molecule has 0 fully saturated rings. The molecule has 0 aromatic heterocycles. The minimum absolute atomic E-state index is 0.281. The second kappa shape index (κ2) is 20.2. The molecule has 0 spiro atoms. The number of benzene rings is 4. The van der Waals surface area contributed by atoms with E-state index in [1.165, 1.54) is 7.11 Å². The first-order chi connectivity index (χ1) is 24.8. The summed E-state index contributed by atoms with van der Waals surface area (Å²) in [5.41, 5.74) is 4.39. The molecule has 1 unspecified atom stereocenters. The summed E-state index contributed by atoms with van der Waals surface area (Å²) in [4.78, 5) is 37.1. The lowest BCUT2D eigenvalue weighted by Crippen LogP contribution is -2.09. The Hall–Kier alpha value is -5.61. The molecule has 9 heteroatoms. The number of esters is 3. The number of carbonyl (C=O) groups is 3. The number of carbonyl (C=O) groups excluding carboxylic acids is 3. The van der Waals surface area contributed by atoms with E-state index in [0.29, 0.717) is 36.0 Å². The summed E-state index contributed by atoms with van der Waals surface area (Å²) >= 11 is 3.17. The van der Waals surface area contributed by atoms with Crippen LogP contribution in [0.2, 0.25) is 0 Å². The molecule has 0 heterocycles. The molecule has 4 aromatic carbocycles. The minimum Gasteiger partial charge on any atom is -0.485 e. The molecule has 1 atom stereocenters. The fraction of sp³-hybridized carbons (Fsp3) is 0.167. The van der Waals surface area contributed by atoms with Gasteiger partial charge in [0.25, 0.3) is 0 Å². The van der Waals surface area contributed by atoms with E-state index in [4.69, 9.17) is 18.9 Å². The first-order valence-electron chi connectivity index (χ1n) is 15.8. The van der Waals surface area contributed by atoms with Gasteiger partial charge in [-0.2, -0.15) is 0 Å². The smallest absolute Gasteiger partial charge is 0.341 e. The van der Waals surface area contributed by atoms with Crippen LogP contribution in [0.1, 0.15) is 51.2 Å².